The Kier molecular flexibility index (Phi) is 4.17. The van der Waals surface area contributed by atoms with Crippen LogP contribution >= 0.6 is 0 Å². The first kappa shape index (κ1) is 12.4. The molecule has 0 saturated carbocycles. The van der Waals surface area contributed by atoms with Gasteiger partial charge < -0.3 is 15.2 Å². The van der Waals surface area contributed by atoms with E-state index in [0.29, 0.717) is 13.0 Å². The van der Waals surface area contributed by atoms with E-state index in [9.17, 15) is 4.79 Å². The predicted octanol–water partition coefficient (Wildman–Crippen LogP) is 2.12. The third-order valence-corrected chi connectivity index (χ3v) is 2.74. The van der Waals surface area contributed by atoms with E-state index >= 15 is 0 Å². The molecule has 0 saturated heterocycles. The number of carboxylic acid groups (broad SMARTS) is 1. The fourth-order valence-electron chi connectivity index (χ4n) is 1.65. The fourth-order valence-corrected chi connectivity index (χ4v) is 1.65. The van der Waals surface area contributed by atoms with Crippen molar-refractivity contribution in [2.45, 2.75) is 20.3 Å². The smallest absolute Gasteiger partial charge is 0.404 e. The van der Waals surface area contributed by atoms with Gasteiger partial charge in [0, 0.05) is 6.54 Å². The fraction of sp³-hybridized carbons (Fsp3) is 0.417. The van der Waals surface area contributed by atoms with Crippen molar-refractivity contribution in [3.8, 4) is 5.75 Å². The van der Waals surface area contributed by atoms with E-state index in [0.717, 1.165) is 22.4 Å². The summed E-state index contributed by atoms with van der Waals surface area (Å²) in [5.41, 5.74) is 3.41. The normalized spacial score (nSPS) is 9.94. The zero-order chi connectivity index (χ0) is 12.1. The first-order valence-electron chi connectivity index (χ1n) is 5.16. The van der Waals surface area contributed by atoms with Gasteiger partial charge in [0.05, 0.1) is 7.11 Å². The second kappa shape index (κ2) is 5.39. The number of nitrogens with one attached hydrogen (secondary N) is 1. The Balaban J connectivity index is 2.74. The van der Waals surface area contributed by atoms with E-state index in [-0.39, 0.29) is 0 Å². The third kappa shape index (κ3) is 2.89. The number of hydrogen-bond acceptors (Lipinski definition) is 2. The van der Waals surface area contributed by atoms with Crippen molar-refractivity contribution < 1.29 is 14.6 Å². The Bertz CT molecular complexity index is 388. The van der Waals surface area contributed by atoms with Gasteiger partial charge in [0.1, 0.15) is 5.75 Å². The lowest BCUT2D eigenvalue weighted by molar-refractivity contribution is 0.194. The molecular formula is C12H17NO3. The zero-order valence-electron chi connectivity index (χ0n) is 9.83. The largest absolute Gasteiger partial charge is 0.496 e. The number of methoxy groups -OCH3 is 1. The van der Waals surface area contributed by atoms with Crippen LogP contribution in [0.4, 0.5) is 4.79 Å². The van der Waals surface area contributed by atoms with Gasteiger partial charge in [-0.2, -0.15) is 0 Å². The second-order valence-corrected chi connectivity index (χ2v) is 3.66. The van der Waals surface area contributed by atoms with Crippen molar-refractivity contribution in [2.24, 2.45) is 0 Å². The number of rotatable bonds is 4. The summed E-state index contributed by atoms with van der Waals surface area (Å²) < 4.78 is 5.21. The van der Waals surface area contributed by atoms with Crippen molar-refractivity contribution in [3.05, 3.63) is 28.8 Å². The first-order chi connectivity index (χ1) is 7.56. The highest BCUT2D eigenvalue weighted by molar-refractivity contribution is 5.64. The summed E-state index contributed by atoms with van der Waals surface area (Å²) in [6.07, 6.45) is -0.286. The highest BCUT2D eigenvalue weighted by Crippen LogP contribution is 2.23. The Hall–Kier alpha value is -1.71. The highest BCUT2D eigenvalue weighted by atomic mass is 16.5. The van der Waals surface area contributed by atoms with Crippen LogP contribution < -0.4 is 10.1 Å². The van der Waals surface area contributed by atoms with Gasteiger partial charge >= 0.3 is 6.09 Å². The molecule has 2 N–H and O–H groups in total. The van der Waals surface area contributed by atoms with Crippen LogP contribution in [-0.4, -0.2) is 24.9 Å². The van der Waals surface area contributed by atoms with Crippen LogP contribution in [-0.2, 0) is 6.42 Å². The van der Waals surface area contributed by atoms with Gasteiger partial charge in [-0.1, -0.05) is 6.07 Å². The third-order valence-electron chi connectivity index (χ3n) is 2.74. The number of carbonyl (C=O) groups is 1. The molecule has 1 rings (SSSR count). The average molecular weight is 223 g/mol. The number of benzene rings is 1. The molecule has 88 valence electrons. The van der Waals surface area contributed by atoms with Gasteiger partial charge in [-0.25, -0.2) is 4.79 Å². The number of ether oxygens (including phenoxy) is 1. The van der Waals surface area contributed by atoms with Gasteiger partial charge in [-0.3, -0.25) is 0 Å². The summed E-state index contributed by atoms with van der Waals surface area (Å²) in [7, 11) is 1.65. The van der Waals surface area contributed by atoms with Gasteiger partial charge in [0.25, 0.3) is 0 Å². The summed E-state index contributed by atoms with van der Waals surface area (Å²) in [6, 6.07) is 3.89. The van der Waals surface area contributed by atoms with Crippen LogP contribution in [0.15, 0.2) is 12.1 Å². The van der Waals surface area contributed by atoms with Crippen molar-refractivity contribution in [3.63, 3.8) is 0 Å². The van der Waals surface area contributed by atoms with Crippen LogP contribution in [0.2, 0.25) is 0 Å². The van der Waals surface area contributed by atoms with Crippen molar-refractivity contribution in [1.29, 1.82) is 0 Å². The second-order valence-electron chi connectivity index (χ2n) is 3.66. The monoisotopic (exact) mass is 223 g/mol. The van der Waals surface area contributed by atoms with E-state index < -0.39 is 6.09 Å². The highest BCUT2D eigenvalue weighted by Gasteiger charge is 2.06. The van der Waals surface area contributed by atoms with E-state index in [1.54, 1.807) is 7.11 Å². The maximum Gasteiger partial charge on any atom is 0.404 e. The first-order valence-corrected chi connectivity index (χ1v) is 5.16. The molecule has 0 atom stereocenters. The number of amides is 1. The molecule has 1 amide bonds. The zero-order valence-corrected chi connectivity index (χ0v) is 9.83. The molecule has 0 unspecified atom stereocenters. The van der Waals surface area contributed by atoms with Crippen LogP contribution in [0.3, 0.4) is 0 Å². The van der Waals surface area contributed by atoms with E-state index in [4.69, 9.17) is 9.84 Å². The lowest BCUT2D eigenvalue weighted by atomic mass is 10.00. The molecule has 1 aromatic rings. The minimum absolute atomic E-state index is 0.432. The Morgan fingerprint density at radius 3 is 2.62 bits per heavy atom. The number of hydrogen-bond donors (Lipinski definition) is 2. The molecule has 0 aromatic heterocycles. The molecule has 1 aromatic carbocycles. The summed E-state index contributed by atoms with van der Waals surface area (Å²) in [5.74, 6) is 0.868. The molecule has 4 heteroatoms. The quantitative estimate of drug-likeness (QED) is 0.822. The molecule has 0 aliphatic carbocycles. The standard InChI is InChI=1S/C12H17NO3/c1-8-9(2)11(16-3)5-4-10(8)6-7-13-12(14)15/h4-5,13H,6-7H2,1-3H3,(H,14,15). The van der Waals surface area contributed by atoms with Crippen molar-refractivity contribution in [1.82, 2.24) is 5.32 Å². The van der Waals surface area contributed by atoms with Crippen LogP contribution in [0.25, 0.3) is 0 Å². The molecule has 0 radical (unpaired) electrons. The molecular weight excluding hydrogens is 206 g/mol. The molecule has 0 heterocycles. The Labute approximate surface area is 95.2 Å². The molecule has 0 fully saturated rings. The van der Waals surface area contributed by atoms with Gasteiger partial charge in [0.15, 0.2) is 0 Å². The molecule has 0 bridgehead atoms. The van der Waals surface area contributed by atoms with Gasteiger partial charge in [0.2, 0.25) is 0 Å². The van der Waals surface area contributed by atoms with Crippen LogP contribution in [0.1, 0.15) is 16.7 Å². The van der Waals surface area contributed by atoms with E-state index in [1.165, 1.54) is 0 Å². The van der Waals surface area contributed by atoms with Crippen LogP contribution in [0.5, 0.6) is 5.75 Å². The Morgan fingerprint density at radius 1 is 1.38 bits per heavy atom. The summed E-state index contributed by atoms with van der Waals surface area (Å²) in [4.78, 5) is 10.3. The summed E-state index contributed by atoms with van der Waals surface area (Å²) >= 11 is 0. The molecule has 0 aliphatic rings. The minimum Gasteiger partial charge on any atom is -0.496 e. The molecule has 4 nitrogen and oxygen atoms in total. The SMILES string of the molecule is COc1ccc(CCNC(=O)O)c(C)c1C. The summed E-state index contributed by atoms with van der Waals surface area (Å²) in [5, 5.41) is 10.8. The molecule has 16 heavy (non-hydrogen) atoms. The maximum absolute atomic E-state index is 10.3. The van der Waals surface area contributed by atoms with Gasteiger partial charge in [-0.15, -0.1) is 0 Å². The van der Waals surface area contributed by atoms with Crippen molar-refractivity contribution in [2.75, 3.05) is 13.7 Å². The van der Waals surface area contributed by atoms with E-state index in [1.807, 2.05) is 26.0 Å². The topological polar surface area (TPSA) is 58.6 Å². The summed E-state index contributed by atoms with van der Waals surface area (Å²) in [6.45, 7) is 4.46. The average Bonchev–Trinajstić information content (AvgIpc) is 2.24. The lowest BCUT2D eigenvalue weighted by Gasteiger charge is -2.12. The van der Waals surface area contributed by atoms with E-state index in [2.05, 4.69) is 5.32 Å². The molecule has 0 spiro atoms. The minimum atomic E-state index is -0.983. The maximum atomic E-state index is 10.3. The molecule has 0 aliphatic heterocycles. The van der Waals surface area contributed by atoms with Crippen LogP contribution in [0, 0.1) is 13.8 Å². The lowest BCUT2D eigenvalue weighted by Crippen LogP contribution is -2.23. The predicted molar refractivity (Wildman–Crippen MR) is 62.2 cm³/mol. The van der Waals surface area contributed by atoms with Crippen molar-refractivity contribution >= 4 is 6.09 Å². The van der Waals surface area contributed by atoms with Gasteiger partial charge in [-0.05, 0) is 43.0 Å². The Morgan fingerprint density at radius 2 is 2.06 bits per heavy atom.